The molecular weight excluding hydrogens is 264 g/mol. The molecule has 3 N–H and O–H groups in total. The van der Waals surface area contributed by atoms with Gasteiger partial charge in [0.05, 0.1) is 25.0 Å². The molecule has 0 radical (unpaired) electrons. The van der Waals surface area contributed by atoms with Crippen LogP contribution >= 0.6 is 0 Å². The summed E-state index contributed by atoms with van der Waals surface area (Å²) >= 11 is 0. The molecule has 21 heavy (non-hydrogen) atoms. The van der Waals surface area contributed by atoms with E-state index in [2.05, 4.69) is 24.4 Å². The molecule has 1 heterocycles. The van der Waals surface area contributed by atoms with Crippen LogP contribution in [0.1, 0.15) is 76.6 Å². The highest BCUT2D eigenvalue weighted by atomic mass is 16.5. The number of ether oxygens (including phenoxy) is 1. The monoisotopic (exact) mass is 294 g/mol. The lowest BCUT2D eigenvalue weighted by molar-refractivity contribution is 0.268. The van der Waals surface area contributed by atoms with Crippen LogP contribution in [0.15, 0.2) is 6.20 Å². The molecule has 1 atom stereocenters. The van der Waals surface area contributed by atoms with E-state index >= 15 is 0 Å². The average molecular weight is 294 g/mol. The molecule has 1 saturated carbocycles. The van der Waals surface area contributed by atoms with Gasteiger partial charge in [0, 0.05) is 6.04 Å². The normalized spacial score (nSPS) is 19.3. The summed E-state index contributed by atoms with van der Waals surface area (Å²) in [6.45, 7) is 4.28. The first-order valence-electron chi connectivity index (χ1n) is 8.26. The largest absolute Gasteiger partial charge is 0.493 e. The van der Waals surface area contributed by atoms with Crippen LogP contribution in [0.4, 0.5) is 0 Å². The zero-order chi connectivity index (χ0) is 15.2. The van der Waals surface area contributed by atoms with E-state index < -0.39 is 0 Å². The number of nitrogens with zero attached hydrogens (tertiary/aromatic N) is 2. The van der Waals surface area contributed by atoms with Crippen molar-refractivity contribution in [3.8, 4) is 5.75 Å². The van der Waals surface area contributed by atoms with E-state index in [1.54, 1.807) is 7.11 Å². The van der Waals surface area contributed by atoms with Gasteiger partial charge in [-0.2, -0.15) is 5.10 Å². The Bertz CT molecular complexity index is 422. The lowest BCUT2D eigenvalue weighted by atomic mass is 9.84. The molecule has 2 rings (SSSR count). The summed E-state index contributed by atoms with van der Waals surface area (Å²) in [5, 5.41) is 4.49. The van der Waals surface area contributed by atoms with Crippen molar-refractivity contribution in [2.45, 2.75) is 70.9 Å². The van der Waals surface area contributed by atoms with Crippen LogP contribution in [-0.4, -0.2) is 16.9 Å². The summed E-state index contributed by atoms with van der Waals surface area (Å²) in [5.41, 5.74) is 4.15. The Morgan fingerprint density at radius 1 is 1.24 bits per heavy atom. The van der Waals surface area contributed by atoms with E-state index in [1.807, 2.05) is 10.9 Å². The summed E-state index contributed by atoms with van der Waals surface area (Å²) in [4.78, 5) is 0. The van der Waals surface area contributed by atoms with Gasteiger partial charge in [0.15, 0.2) is 5.75 Å². The van der Waals surface area contributed by atoms with Crippen molar-refractivity contribution < 1.29 is 4.74 Å². The SMILES string of the molecule is COc1cnn(C(C)C)c1C(NN)C1CCCCCCC1. The molecule has 0 saturated heterocycles. The third kappa shape index (κ3) is 3.77. The highest BCUT2D eigenvalue weighted by molar-refractivity contribution is 5.29. The van der Waals surface area contributed by atoms with E-state index in [-0.39, 0.29) is 6.04 Å². The number of hydrogen-bond acceptors (Lipinski definition) is 4. The van der Waals surface area contributed by atoms with Gasteiger partial charge in [-0.3, -0.25) is 16.0 Å². The average Bonchev–Trinajstić information content (AvgIpc) is 2.85. The summed E-state index contributed by atoms with van der Waals surface area (Å²) < 4.78 is 7.57. The van der Waals surface area contributed by atoms with Crippen molar-refractivity contribution in [2.75, 3.05) is 7.11 Å². The van der Waals surface area contributed by atoms with E-state index in [9.17, 15) is 0 Å². The summed E-state index contributed by atoms with van der Waals surface area (Å²) in [6, 6.07) is 0.413. The molecule has 0 aliphatic heterocycles. The topological polar surface area (TPSA) is 65.1 Å². The standard InChI is InChI=1S/C16H30N4O/c1-12(2)20-16(14(21-3)11-18-20)15(19-17)13-9-7-5-4-6-8-10-13/h11-13,15,19H,4-10,17H2,1-3H3. The van der Waals surface area contributed by atoms with Gasteiger partial charge in [-0.1, -0.05) is 32.1 Å². The summed E-state index contributed by atoms with van der Waals surface area (Å²) in [5.74, 6) is 7.33. The Labute approximate surface area is 128 Å². The second-order valence-electron chi connectivity index (χ2n) is 6.39. The Morgan fingerprint density at radius 3 is 2.38 bits per heavy atom. The molecule has 5 nitrogen and oxygen atoms in total. The molecule has 1 unspecified atom stereocenters. The minimum atomic E-state index is 0.114. The minimum absolute atomic E-state index is 0.114. The van der Waals surface area contributed by atoms with E-state index in [0.29, 0.717) is 12.0 Å². The predicted molar refractivity (Wildman–Crippen MR) is 85.0 cm³/mol. The lowest BCUT2D eigenvalue weighted by Crippen LogP contribution is -2.36. The third-order valence-corrected chi connectivity index (χ3v) is 4.60. The number of nitrogens with one attached hydrogen (secondary N) is 1. The Morgan fingerprint density at radius 2 is 1.86 bits per heavy atom. The zero-order valence-corrected chi connectivity index (χ0v) is 13.6. The molecule has 1 aromatic heterocycles. The predicted octanol–water partition coefficient (Wildman–Crippen LogP) is 3.34. The van der Waals surface area contributed by atoms with Gasteiger partial charge in [0.2, 0.25) is 0 Å². The smallest absolute Gasteiger partial charge is 0.161 e. The molecule has 0 amide bonds. The van der Waals surface area contributed by atoms with Crippen molar-refractivity contribution in [3.63, 3.8) is 0 Å². The molecule has 0 bridgehead atoms. The van der Waals surface area contributed by atoms with Crippen molar-refractivity contribution in [3.05, 3.63) is 11.9 Å². The first-order chi connectivity index (χ1) is 10.2. The molecule has 1 fully saturated rings. The maximum atomic E-state index is 5.93. The van der Waals surface area contributed by atoms with Crippen LogP contribution in [0.3, 0.4) is 0 Å². The van der Waals surface area contributed by atoms with Crippen LogP contribution in [-0.2, 0) is 0 Å². The molecule has 5 heteroatoms. The van der Waals surface area contributed by atoms with Crippen molar-refractivity contribution in [2.24, 2.45) is 11.8 Å². The number of nitrogens with two attached hydrogens (primary N) is 1. The summed E-state index contributed by atoms with van der Waals surface area (Å²) in [6.07, 6.45) is 10.9. The molecule has 1 aromatic rings. The van der Waals surface area contributed by atoms with Crippen molar-refractivity contribution in [1.82, 2.24) is 15.2 Å². The van der Waals surface area contributed by atoms with Gasteiger partial charge in [0.1, 0.15) is 0 Å². The van der Waals surface area contributed by atoms with E-state index in [4.69, 9.17) is 10.6 Å². The number of hydrazine groups is 1. The maximum Gasteiger partial charge on any atom is 0.161 e. The highest BCUT2D eigenvalue weighted by Crippen LogP contribution is 2.37. The van der Waals surface area contributed by atoms with E-state index in [1.165, 1.54) is 44.9 Å². The number of hydrogen-bond donors (Lipinski definition) is 2. The molecular formula is C16H30N4O. The molecule has 1 aliphatic carbocycles. The molecule has 1 aliphatic rings. The summed E-state index contributed by atoms with van der Waals surface area (Å²) in [7, 11) is 1.71. The number of rotatable bonds is 5. The van der Waals surface area contributed by atoms with Crippen LogP contribution in [0.2, 0.25) is 0 Å². The highest BCUT2D eigenvalue weighted by Gasteiger charge is 2.29. The van der Waals surface area contributed by atoms with Crippen molar-refractivity contribution in [1.29, 1.82) is 0 Å². The maximum absolute atomic E-state index is 5.93. The fourth-order valence-corrected chi connectivity index (χ4v) is 3.48. The third-order valence-electron chi connectivity index (χ3n) is 4.60. The number of methoxy groups -OCH3 is 1. The lowest BCUT2D eigenvalue weighted by Gasteiger charge is -2.30. The van der Waals surface area contributed by atoms with Crippen LogP contribution in [0.5, 0.6) is 5.75 Å². The van der Waals surface area contributed by atoms with Crippen LogP contribution in [0.25, 0.3) is 0 Å². The minimum Gasteiger partial charge on any atom is -0.493 e. The Balaban J connectivity index is 2.28. The van der Waals surface area contributed by atoms with E-state index in [0.717, 1.165) is 11.4 Å². The molecule has 0 spiro atoms. The zero-order valence-electron chi connectivity index (χ0n) is 13.6. The van der Waals surface area contributed by atoms with Gasteiger partial charge in [-0.05, 0) is 32.6 Å². The quantitative estimate of drug-likeness (QED) is 0.646. The molecule has 0 aromatic carbocycles. The second kappa shape index (κ2) is 7.80. The van der Waals surface area contributed by atoms with Gasteiger partial charge in [-0.15, -0.1) is 0 Å². The fourth-order valence-electron chi connectivity index (χ4n) is 3.48. The van der Waals surface area contributed by atoms with Gasteiger partial charge in [-0.25, -0.2) is 0 Å². The van der Waals surface area contributed by atoms with Crippen LogP contribution in [0, 0.1) is 5.92 Å². The first-order valence-corrected chi connectivity index (χ1v) is 8.26. The Kier molecular flexibility index (Phi) is 6.06. The second-order valence-corrected chi connectivity index (χ2v) is 6.39. The van der Waals surface area contributed by atoms with Crippen molar-refractivity contribution >= 4 is 0 Å². The number of aromatic nitrogens is 2. The first kappa shape index (κ1) is 16.3. The van der Waals surface area contributed by atoms with Crippen LogP contribution < -0.4 is 16.0 Å². The van der Waals surface area contributed by atoms with Gasteiger partial charge >= 0.3 is 0 Å². The fraction of sp³-hybridized carbons (Fsp3) is 0.812. The Hall–Kier alpha value is -1.07. The van der Waals surface area contributed by atoms with Gasteiger partial charge < -0.3 is 4.74 Å². The molecule has 120 valence electrons. The van der Waals surface area contributed by atoms with Gasteiger partial charge in [0.25, 0.3) is 0 Å².